The first kappa shape index (κ1) is 28.5. The molecular weight excluding hydrogens is 512 g/mol. The molecule has 39 heavy (non-hydrogen) atoms. The van der Waals surface area contributed by atoms with Crippen LogP contribution in [-0.4, -0.2) is 46.7 Å². The molecule has 0 atom stereocenters. The number of hydrogen-bond acceptors (Lipinski definition) is 6. The Bertz CT molecular complexity index is 1510. The van der Waals surface area contributed by atoms with Crippen LogP contribution in [0, 0.1) is 6.92 Å². The fraction of sp³-hybridized carbons (Fsp3) is 0.355. The second-order valence-electron chi connectivity index (χ2n) is 9.88. The molecule has 2 aromatic heterocycles. The highest BCUT2D eigenvalue weighted by atomic mass is 32.2. The lowest BCUT2D eigenvalue weighted by Crippen LogP contribution is -2.20. The molecule has 8 heteroatoms. The van der Waals surface area contributed by atoms with Gasteiger partial charge in [0, 0.05) is 12.4 Å². The average molecular weight is 551 g/mol. The molecule has 0 aliphatic rings. The Balaban J connectivity index is 1.31. The highest BCUT2D eigenvalue weighted by Crippen LogP contribution is 2.35. The van der Waals surface area contributed by atoms with Crippen LogP contribution in [0.1, 0.15) is 42.9 Å². The summed E-state index contributed by atoms with van der Waals surface area (Å²) >= 11 is 0. The highest BCUT2D eigenvalue weighted by Gasteiger charge is 2.28. The number of benzene rings is 2. The quantitative estimate of drug-likeness (QED) is 0.211. The third-order valence-corrected chi connectivity index (χ3v) is 8.67. The predicted molar refractivity (Wildman–Crippen MR) is 154 cm³/mol. The Morgan fingerprint density at radius 3 is 2.38 bits per heavy atom. The monoisotopic (exact) mass is 550 g/mol. The molecule has 7 nitrogen and oxygen atoms in total. The molecule has 0 saturated carbocycles. The van der Waals surface area contributed by atoms with Gasteiger partial charge in [-0.2, -0.15) is 0 Å². The van der Waals surface area contributed by atoms with Crippen molar-refractivity contribution in [3.8, 4) is 17.2 Å². The van der Waals surface area contributed by atoms with E-state index in [-0.39, 0.29) is 10.8 Å². The van der Waals surface area contributed by atoms with Gasteiger partial charge in [0.15, 0.2) is 11.5 Å². The second kappa shape index (κ2) is 12.6. The van der Waals surface area contributed by atoms with Crippen molar-refractivity contribution < 1.29 is 22.6 Å². The number of aryl methyl sites for hydroxylation is 1. The van der Waals surface area contributed by atoms with E-state index in [0.29, 0.717) is 17.3 Å². The molecule has 2 aromatic carbocycles. The summed E-state index contributed by atoms with van der Waals surface area (Å²) in [5.74, 6) is 2.19. The molecule has 0 bridgehead atoms. The van der Waals surface area contributed by atoms with Crippen molar-refractivity contribution in [1.29, 1.82) is 0 Å². The van der Waals surface area contributed by atoms with Gasteiger partial charge in [0.25, 0.3) is 0 Å². The van der Waals surface area contributed by atoms with Crippen LogP contribution in [0.2, 0.25) is 0 Å². The van der Waals surface area contributed by atoms with Crippen LogP contribution in [0.5, 0.6) is 17.2 Å². The zero-order chi connectivity index (χ0) is 28.0. The molecule has 4 rings (SSSR count). The number of ether oxygens (including phenoxy) is 3. The predicted octanol–water partition coefficient (Wildman–Crippen LogP) is 5.82. The SMILES string of the molecule is COc1ccc(CCNCCCOc2ccc(S(=O)(=O)c3c(C(C)C)cn4cccc(C)c34)cc2)cc1OC. The summed E-state index contributed by atoms with van der Waals surface area (Å²) in [5, 5.41) is 3.43. The van der Waals surface area contributed by atoms with Crippen molar-refractivity contribution in [1.82, 2.24) is 9.72 Å². The molecule has 0 aliphatic heterocycles. The zero-order valence-electron chi connectivity index (χ0n) is 23.4. The van der Waals surface area contributed by atoms with Gasteiger partial charge in [0.1, 0.15) is 10.6 Å². The molecule has 208 valence electrons. The lowest BCUT2D eigenvalue weighted by molar-refractivity contribution is 0.308. The van der Waals surface area contributed by atoms with Crippen LogP contribution in [0.4, 0.5) is 0 Å². The minimum atomic E-state index is -3.71. The van der Waals surface area contributed by atoms with E-state index in [1.165, 1.54) is 5.56 Å². The maximum absolute atomic E-state index is 13.8. The van der Waals surface area contributed by atoms with Crippen LogP contribution < -0.4 is 19.5 Å². The Morgan fingerprint density at radius 1 is 0.949 bits per heavy atom. The minimum absolute atomic E-state index is 0.0735. The Hall–Kier alpha value is -3.49. The molecule has 0 saturated heterocycles. The average Bonchev–Trinajstić information content (AvgIpc) is 3.35. The van der Waals surface area contributed by atoms with Gasteiger partial charge in [0.05, 0.1) is 31.2 Å². The van der Waals surface area contributed by atoms with Crippen molar-refractivity contribution in [2.24, 2.45) is 0 Å². The minimum Gasteiger partial charge on any atom is -0.494 e. The van der Waals surface area contributed by atoms with E-state index in [4.69, 9.17) is 14.2 Å². The van der Waals surface area contributed by atoms with E-state index in [1.807, 2.05) is 67.9 Å². The first-order chi connectivity index (χ1) is 18.8. The summed E-state index contributed by atoms with van der Waals surface area (Å²) < 4.78 is 45.9. The summed E-state index contributed by atoms with van der Waals surface area (Å²) in [7, 11) is -0.435. The van der Waals surface area contributed by atoms with Gasteiger partial charge in [0.2, 0.25) is 9.84 Å². The molecule has 0 amide bonds. The van der Waals surface area contributed by atoms with Gasteiger partial charge >= 0.3 is 0 Å². The molecule has 0 fully saturated rings. The molecule has 0 spiro atoms. The van der Waals surface area contributed by atoms with E-state index in [0.717, 1.165) is 54.1 Å². The normalized spacial score (nSPS) is 11.7. The smallest absolute Gasteiger partial charge is 0.209 e. The van der Waals surface area contributed by atoms with E-state index < -0.39 is 9.84 Å². The Kier molecular flexibility index (Phi) is 9.20. The van der Waals surface area contributed by atoms with Crippen LogP contribution in [-0.2, 0) is 16.3 Å². The van der Waals surface area contributed by atoms with Crippen LogP contribution in [0.15, 0.2) is 76.8 Å². The lowest BCUT2D eigenvalue weighted by atomic mass is 10.1. The van der Waals surface area contributed by atoms with Gasteiger partial charge in [-0.25, -0.2) is 8.42 Å². The van der Waals surface area contributed by atoms with E-state index in [9.17, 15) is 8.42 Å². The fourth-order valence-electron chi connectivity index (χ4n) is 4.69. The second-order valence-corrected chi connectivity index (χ2v) is 11.8. The molecule has 4 aromatic rings. The number of fused-ring (bicyclic) bond motifs is 1. The zero-order valence-corrected chi connectivity index (χ0v) is 24.2. The molecule has 0 unspecified atom stereocenters. The highest BCUT2D eigenvalue weighted by molar-refractivity contribution is 7.91. The summed E-state index contributed by atoms with van der Waals surface area (Å²) in [5.41, 5.74) is 3.67. The van der Waals surface area contributed by atoms with Crippen LogP contribution >= 0.6 is 0 Å². The number of sulfone groups is 1. The van der Waals surface area contributed by atoms with E-state index >= 15 is 0 Å². The number of pyridine rings is 1. The number of nitrogens with one attached hydrogen (secondary N) is 1. The van der Waals surface area contributed by atoms with Crippen LogP contribution in [0.3, 0.4) is 0 Å². The van der Waals surface area contributed by atoms with Crippen LogP contribution in [0.25, 0.3) is 5.52 Å². The van der Waals surface area contributed by atoms with Crippen molar-refractivity contribution in [2.45, 2.75) is 49.3 Å². The number of aromatic nitrogens is 1. The molecule has 0 radical (unpaired) electrons. The van der Waals surface area contributed by atoms with Crippen molar-refractivity contribution >= 4 is 15.4 Å². The molecule has 2 heterocycles. The summed E-state index contributed by atoms with van der Waals surface area (Å²) in [6, 6.07) is 16.6. The van der Waals surface area contributed by atoms with Gasteiger partial charge in [-0.05, 0) is 97.9 Å². The number of methoxy groups -OCH3 is 2. The van der Waals surface area contributed by atoms with Gasteiger partial charge < -0.3 is 23.9 Å². The maximum Gasteiger partial charge on any atom is 0.209 e. The number of nitrogens with zero attached hydrogens (tertiary/aromatic N) is 1. The fourth-order valence-corrected chi connectivity index (χ4v) is 6.54. The molecular formula is C31H38N2O5S. The van der Waals surface area contributed by atoms with Crippen molar-refractivity contribution in [3.63, 3.8) is 0 Å². The Labute approximate surface area is 231 Å². The standard InChI is InChI=1S/C31H38N2O5S/c1-22(2)27-21-33-18-6-8-23(3)30(33)31(27)39(34,35)26-12-10-25(11-13-26)38-19-7-16-32-17-15-24-9-14-28(36-4)29(20-24)37-5/h6,8-14,18,20-22,32H,7,15-17,19H2,1-5H3. The number of hydrogen-bond donors (Lipinski definition) is 1. The first-order valence-corrected chi connectivity index (χ1v) is 14.7. The third kappa shape index (κ3) is 6.40. The Morgan fingerprint density at radius 2 is 1.69 bits per heavy atom. The number of rotatable bonds is 13. The van der Waals surface area contributed by atoms with E-state index in [2.05, 4.69) is 5.32 Å². The summed E-state index contributed by atoms with van der Waals surface area (Å²) in [6.07, 6.45) is 5.54. The van der Waals surface area contributed by atoms with Gasteiger partial charge in [-0.3, -0.25) is 0 Å². The van der Waals surface area contributed by atoms with Crippen molar-refractivity contribution in [3.05, 3.63) is 83.7 Å². The first-order valence-electron chi connectivity index (χ1n) is 13.3. The molecule has 0 aliphatic carbocycles. The molecule has 1 N–H and O–H groups in total. The summed E-state index contributed by atoms with van der Waals surface area (Å²) in [6.45, 7) is 8.18. The largest absolute Gasteiger partial charge is 0.494 e. The lowest BCUT2D eigenvalue weighted by Gasteiger charge is -2.12. The van der Waals surface area contributed by atoms with E-state index in [1.54, 1.807) is 38.5 Å². The van der Waals surface area contributed by atoms with Crippen molar-refractivity contribution in [2.75, 3.05) is 33.9 Å². The maximum atomic E-state index is 13.8. The van der Waals surface area contributed by atoms with Gasteiger partial charge in [-0.15, -0.1) is 0 Å². The van der Waals surface area contributed by atoms with Gasteiger partial charge in [-0.1, -0.05) is 26.0 Å². The summed E-state index contributed by atoms with van der Waals surface area (Å²) in [4.78, 5) is 0.661. The third-order valence-electron chi connectivity index (χ3n) is 6.81. The topological polar surface area (TPSA) is 78.3 Å².